The monoisotopic (exact) mass is 252 g/mol. The van der Waals surface area contributed by atoms with Crippen LogP contribution in [-0.2, 0) is 0 Å². The minimum absolute atomic E-state index is 0.178. The smallest absolute Gasteiger partial charge is 0.0634 e. The van der Waals surface area contributed by atoms with Gasteiger partial charge in [0.05, 0.1) is 6.10 Å². The molecule has 0 aliphatic rings. The van der Waals surface area contributed by atoms with Crippen LogP contribution in [0.4, 0.5) is 0 Å². The summed E-state index contributed by atoms with van der Waals surface area (Å²) in [6.07, 6.45) is 3.03. The lowest BCUT2D eigenvalue weighted by atomic mass is 9.89. The number of rotatable bonds is 6. The molecule has 17 heavy (non-hydrogen) atoms. The molecule has 0 aromatic heterocycles. The summed E-state index contributed by atoms with van der Waals surface area (Å²) in [4.78, 5) is 1.24. The number of aliphatic hydroxyl groups is 1. The first-order chi connectivity index (χ1) is 7.97. The van der Waals surface area contributed by atoms with E-state index in [1.165, 1.54) is 11.3 Å². The third-order valence-electron chi connectivity index (χ3n) is 2.65. The highest BCUT2D eigenvalue weighted by Crippen LogP contribution is 2.24. The van der Waals surface area contributed by atoms with E-state index < -0.39 is 0 Å². The summed E-state index contributed by atoms with van der Waals surface area (Å²) in [6, 6.07) is 10.3. The van der Waals surface area contributed by atoms with Crippen molar-refractivity contribution in [1.29, 1.82) is 0 Å². The number of hydrogen-bond donors (Lipinski definition) is 1. The van der Waals surface area contributed by atoms with E-state index in [0.717, 1.165) is 18.6 Å². The second-order valence-electron chi connectivity index (χ2n) is 5.73. The molecule has 0 radical (unpaired) electrons. The molecule has 0 fully saturated rings. The third kappa shape index (κ3) is 7.45. The molecule has 0 saturated carbocycles. The molecule has 0 spiro atoms. The molecule has 1 unspecified atom stereocenters. The van der Waals surface area contributed by atoms with Crippen LogP contribution < -0.4 is 0 Å². The van der Waals surface area contributed by atoms with E-state index in [0.29, 0.717) is 5.41 Å². The number of benzene rings is 1. The van der Waals surface area contributed by atoms with E-state index in [4.69, 9.17) is 0 Å². The highest BCUT2D eigenvalue weighted by molar-refractivity contribution is 7.99. The van der Waals surface area contributed by atoms with Gasteiger partial charge in [-0.15, -0.1) is 11.8 Å². The van der Waals surface area contributed by atoms with Crippen molar-refractivity contribution < 1.29 is 5.11 Å². The zero-order valence-corrected chi connectivity index (χ0v) is 12.0. The van der Waals surface area contributed by atoms with Crippen LogP contribution in [-0.4, -0.2) is 17.0 Å². The Morgan fingerprint density at radius 3 is 2.41 bits per heavy atom. The Balaban J connectivity index is 2.15. The van der Waals surface area contributed by atoms with Crippen LogP contribution in [0.2, 0.25) is 0 Å². The van der Waals surface area contributed by atoms with Gasteiger partial charge in [-0.2, -0.15) is 0 Å². The molecule has 1 atom stereocenters. The maximum absolute atomic E-state index is 9.89. The summed E-state index contributed by atoms with van der Waals surface area (Å²) in [5.41, 5.74) is 0.381. The fourth-order valence-electron chi connectivity index (χ4n) is 1.66. The molecule has 96 valence electrons. The van der Waals surface area contributed by atoms with Gasteiger partial charge in [-0.3, -0.25) is 0 Å². The van der Waals surface area contributed by atoms with Gasteiger partial charge in [-0.1, -0.05) is 45.4 Å². The van der Waals surface area contributed by atoms with Gasteiger partial charge in [0, 0.05) is 10.6 Å². The standard InChI is InChI=1S/C15H24OS/c1-15(2,3)11-7-8-13(16)12-17-14-9-5-4-6-10-14/h4-6,9-10,13,16H,7-8,11-12H2,1-3H3. The van der Waals surface area contributed by atoms with Crippen LogP contribution in [0.1, 0.15) is 40.0 Å². The van der Waals surface area contributed by atoms with Crippen LogP contribution >= 0.6 is 11.8 Å². The molecule has 1 N–H and O–H groups in total. The Kier molecular flexibility index (Phi) is 6.07. The lowest BCUT2D eigenvalue weighted by Crippen LogP contribution is -2.12. The van der Waals surface area contributed by atoms with E-state index in [9.17, 15) is 5.11 Å². The molecule has 1 nitrogen and oxygen atoms in total. The Bertz CT molecular complexity index is 302. The number of hydrogen-bond acceptors (Lipinski definition) is 2. The van der Waals surface area contributed by atoms with E-state index in [1.54, 1.807) is 11.8 Å². The Hall–Kier alpha value is -0.470. The van der Waals surface area contributed by atoms with Crippen LogP contribution in [0.25, 0.3) is 0 Å². The van der Waals surface area contributed by atoms with Gasteiger partial charge in [-0.05, 0) is 30.4 Å². The maximum Gasteiger partial charge on any atom is 0.0634 e. The molecule has 0 amide bonds. The van der Waals surface area contributed by atoms with E-state index in [1.807, 2.05) is 18.2 Å². The lowest BCUT2D eigenvalue weighted by Gasteiger charge is -2.18. The van der Waals surface area contributed by atoms with Crippen molar-refractivity contribution in [2.75, 3.05) is 5.75 Å². The summed E-state index contributed by atoms with van der Waals surface area (Å²) in [5.74, 6) is 0.800. The number of aliphatic hydroxyl groups excluding tert-OH is 1. The zero-order chi connectivity index (χ0) is 12.7. The van der Waals surface area contributed by atoms with Crippen molar-refractivity contribution in [2.45, 2.75) is 51.0 Å². The molecule has 1 rings (SSSR count). The molecule has 1 aromatic carbocycles. The largest absolute Gasteiger partial charge is 0.392 e. The van der Waals surface area contributed by atoms with Crippen LogP contribution in [0.15, 0.2) is 35.2 Å². The second-order valence-corrected chi connectivity index (χ2v) is 6.82. The van der Waals surface area contributed by atoms with Crippen molar-refractivity contribution in [3.8, 4) is 0 Å². The van der Waals surface area contributed by atoms with Crippen molar-refractivity contribution in [3.05, 3.63) is 30.3 Å². The Morgan fingerprint density at radius 1 is 1.18 bits per heavy atom. The average molecular weight is 252 g/mol. The van der Waals surface area contributed by atoms with Crippen LogP contribution in [0, 0.1) is 5.41 Å². The van der Waals surface area contributed by atoms with Crippen LogP contribution in [0.3, 0.4) is 0 Å². The van der Waals surface area contributed by atoms with E-state index in [-0.39, 0.29) is 6.10 Å². The minimum Gasteiger partial charge on any atom is -0.392 e. The summed E-state index contributed by atoms with van der Waals surface area (Å²) in [7, 11) is 0. The van der Waals surface area contributed by atoms with Gasteiger partial charge in [0.1, 0.15) is 0 Å². The highest BCUT2D eigenvalue weighted by atomic mass is 32.2. The van der Waals surface area contributed by atoms with Gasteiger partial charge >= 0.3 is 0 Å². The van der Waals surface area contributed by atoms with Gasteiger partial charge in [0.25, 0.3) is 0 Å². The van der Waals surface area contributed by atoms with Crippen molar-refractivity contribution >= 4 is 11.8 Å². The van der Waals surface area contributed by atoms with Crippen molar-refractivity contribution in [1.82, 2.24) is 0 Å². The fraction of sp³-hybridized carbons (Fsp3) is 0.600. The van der Waals surface area contributed by atoms with Gasteiger partial charge in [0.2, 0.25) is 0 Å². The fourth-order valence-corrected chi connectivity index (χ4v) is 2.56. The van der Waals surface area contributed by atoms with Crippen molar-refractivity contribution in [3.63, 3.8) is 0 Å². The molecule has 0 aliphatic carbocycles. The van der Waals surface area contributed by atoms with Gasteiger partial charge in [-0.25, -0.2) is 0 Å². The lowest BCUT2D eigenvalue weighted by molar-refractivity contribution is 0.178. The first kappa shape index (κ1) is 14.6. The minimum atomic E-state index is -0.178. The van der Waals surface area contributed by atoms with Gasteiger partial charge in [0.15, 0.2) is 0 Å². The quantitative estimate of drug-likeness (QED) is 0.759. The van der Waals surface area contributed by atoms with Crippen LogP contribution in [0.5, 0.6) is 0 Å². The zero-order valence-electron chi connectivity index (χ0n) is 11.1. The predicted octanol–water partition coefficient (Wildman–Crippen LogP) is 4.36. The van der Waals surface area contributed by atoms with Crippen molar-refractivity contribution in [2.24, 2.45) is 5.41 Å². The Morgan fingerprint density at radius 2 is 1.82 bits per heavy atom. The molecule has 0 aliphatic heterocycles. The topological polar surface area (TPSA) is 20.2 Å². The van der Waals surface area contributed by atoms with Gasteiger partial charge < -0.3 is 5.11 Å². The number of thioether (sulfide) groups is 1. The third-order valence-corrected chi connectivity index (χ3v) is 3.81. The predicted molar refractivity (Wildman–Crippen MR) is 76.5 cm³/mol. The first-order valence-corrected chi connectivity index (χ1v) is 7.32. The highest BCUT2D eigenvalue weighted by Gasteiger charge is 2.11. The summed E-state index contributed by atoms with van der Waals surface area (Å²) in [5, 5.41) is 9.89. The molecule has 1 aromatic rings. The summed E-state index contributed by atoms with van der Waals surface area (Å²) < 4.78 is 0. The molecule has 0 bridgehead atoms. The normalized spacial score (nSPS) is 13.6. The maximum atomic E-state index is 9.89. The summed E-state index contributed by atoms with van der Waals surface area (Å²) >= 11 is 1.74. The SMILES string of the molecule is CC(C)(C)CCCC(O)CSc1ccccc1. The first-order valence-electron chi connectivity index (χ1n) is 6.33. The van der Waals surface area contributed by atoms with E-state index in [2.05, 4.69) is 32.9 Å². The second kappa shape index (κ2) is 7.07. The molecule has 2 heteroatoms. The molecular formula is C15H24OS. The molecular weight excluding hydrogens is 228 g/mol. The van der Waals surface area contributed by atoms with E-state index >= 15 is 0 Å². The molecule has 0 saturated heterocycles. The molecule has 0 heterocycles. The summed E-state index contributed by atoms with van der Waals surface area (Å²) in [6.45, 7) is 6.74. The Labute approximate surface area is 110 Å². The average Bonchev–Trinajstić information content (AvgIpc) is 2.26.